The Morgan fingerprint density at radius 2 is 1.78 bits per heavy atom. The molecule has 1 aliphatic heterocycles. The average molecular weight is 482 g/mol. The predicted octanol–water partition coefficient (Wildman–Crippen LogP) is 4.79. The zero-order valence-electron chi connectivity index (χ0n) is 20.5. The summed E-state index contributed by atoms with van der Waals surface area (Å²) in [5.74, 6) is 0.946. The minimum atomic E-state index is 0.0639. The van der Waals surface area contributed by atoms with E-state index < -0.39 is 0 Å². The molecule has 1 N–H and O–H groups in total. The lowest BCUT2D eigenvalue weighted by Crippen LogP contribution is -2.41. The van der Waals surface area contributed by atoms with Crippen molar-refractivity contribution < 1.29 is 9.53 Å². The van der Waals surface area contributed by atoms with Gasteiger partial charge in [0, 0.05) is 68.2 Å². The van der Waals surface area contributed by atoms with Crippen molar-refractivity contribution in [2.75, 3.05) is 20.1 Å². The van der Waals surface area contributed by atoms with Gasteiger partial charge in [-0.25, -0.2) is 0 Å². The van der Waals surface area contributed by atoms with Crippen molar-refractivity contribution in [2.24, 2.45) is 0 Å². The number of aromatic amines is 1. The smallest absolute Gasteiger partial charge is 0.253 e. The fourth-order valence-corrected chi connectivity index (χ4v) is 4.62. The van der Waals surface area contributed by atoms with E-state index in [1.54, 1.807) is 24.5 Å². The van der Waals surface area contributed by atoms with Crippen LogP contribution in [0.5, 0.6) is 5.75 Å². The molecule has 1 saturated heterocycles. The highest BCUT2D eigenvalue weighted by atomic mass is 16.5. The number of amides is 1. The summed E-state index contributed by atoms with van der Waals surface area (Å²) in [7, 11) is 2.10. The lowest BCUT2D eigenvalue weighted by Gasteiger charge is -2.32. The Kier molecular flexibility index (Phi) is 7.38. The zero-order chi connectivity index (χ0) is 24.7. The maximum atomic E-state index is 12.7. The van der Waals surface area contributed by atoms with Crippen LogP contribution in [0.15, 0.2) is 85.2 Å². The van der Waals surface area contributed by atoms with Gasteiger partial charge in [0.2, 0.25) is 0 Å². The van der Waals surface area contributed by atoms with Crippen molar-refractivity contribution in [1.29, 1.82) is 0 Å². The number of nitrogens with zero attached hydrogens (tertiary/aromatic N) is 4. The molecule has 1 fully saturated rings. The summed E-state index contributed by atoms with van der Waals surface area (Å²) in [6.07, 6.45) is 5.07. The summed E-state index contributed by atoms with van der Waals surface area (Å²) in [5, 5.41) is 7.62. The molecular weight excluding hydrogens is 450 g/mol. The van der Waals surface area contributed by atoms with Gasteiger partial charge in [-0.15, -0.1) is 0 Å². The third-order valence-corrected chi connectivity index (χ3v) is 6.45. The summed E-state index contributed by atoms with van der Waals surface area (Å²) in [5.41, 5.74) is 5.04. The van der Waals surface area contributed by atoms with E-state index in [0.717, 1.165) is 48.6 Å². The molecule has 4 aromatic rings. The minimum Gasteiger partial charge on any atom is -0.490 e. The molecule has 3 heterocycles. The van der Waals surface area contributed by atoms with Gasteiger partial charge < -0.3 is 9.64 Å². The number of likely N-dealkylation sites (tertiary alicyclic amines) is 1. The highest BCUT2D eigenvalue weighted by Gasteiger charge is 2.24. The van der Waals surface area contributed by atoms with Gasteiger partial charge in [0.1, 0.15) is 11.9 Å². The SMILES string of the molecule is CN(Cc1cccc(OC2CCN(C(=O)c3ccncc3)CC2)c1)Cc1cc(-c2ccccc2)n[nH]1. The fourth-order valence-electron chi connectivity index (χ4n) is 4.62. The first-order valence-electron chi connectivity index (χ1n) is 12.4. The van der Waals surface area contributed by atoms with Crippen molar-refractivity contribution in [2.45, 2.75) is 32.0 Å². The molecule has 0 unspecified atom stereocenters. The summed E-state index contributed by atoms with van der Waals surface area (Å²) >= 11 is 0. The van der Waals surface area contributed by atoms with Gasteiger partial charge in [0.05, 0.1) is 5.69 Å². The number of nitrogens with one attached hydrogen (secondary N) is 1. The lowest BCUT2D eigenvalue weighted by atomic mass is 10.1. The van der Waals surface area contributed by atoms with E-state index in [1.165, 1.54) is 5.56 Å². The second-order valence-electron chi connectivity index (χ2n) is 9.31. The lowest BCUT2D eigenvalue weighted by molar-refractivity contribution is 0.0595. The van der Waals surface area contributed by atoms with Gasteiger partial charge >= 0.3 is 0 Å². The number of piperidine rings is 1. The molecule has 0 spiro atoms. The Morgan fingerprint density at radius 1 is 1.00 bits per heavy atom. The van der Waals surface area contributed by atoms with Crippen LogP contribution in [0.3, 0.4) is 0 Å². The Labute approximate surface area is 211 Å². The molecular formula is C29H31N5O2. The molecule has 184 valence electrons. The number of pyridine rings is 1. The number of aromatic nitrogens is 3. The van der Waals surface area contributed by atoms with Gasteiger partial charge in [-0.1, -0.05) is 42.5 Å². The molecule has 2 aromatic carbocycles. The molecule has 0 aliphatic carbocycles. The van der Waals surface area contributed by atoms with E-state index in [0.29, 0.717) is 18.7 Å². The summed E-state index contributed by atoms with van der Waals surface area (Å²) in [6.45, 7) is 2.97. The van der Waals surface area contributed by atoms with Crippen LogP contribution in [0.4, 0.5) is 0 Å². The van der Waals surface area contributed by atoms with Gasteiger partial charge in [-0.3, -0.25) is 19.8 Å². The average Bonchev–Trinajstić information content (AvgIpc) is 3.38. The summed E-state index contributed by atoms with van der Waals surface area (Å²) in [4.78, 5) is 20.8. The highest BCUT2D eigenvalue weighted by Crippen LogP contribution is 2.22. The Bertz CT molecular complexity index is 1270. The number of H-pyrrole nitrogens is 1. The van der Waals surface area contributed by atoms with Crippen molar-refractivity contribution in [3.05, 3.63) is 102 Å². The van der Waals surface area contributed by atoms with E-state index >= 15 is 0 Å². The Hall–Kier alpha value is -3.97. The van der Waals surface area contributed by atoms with Crippen LogP contribution in [0.2, 0.25) is 0 Å². The number of hydrogen-bond donors (Lipinski definition) is 1. The second-order valence-corrected chi connectivity index (χ2v) is 9.31. The number of rotatable bonds is 8. The maximum absolute atomic E-state index is 12.7. The molecule has 7 nitrogen and oxygen atoms in total. The monoisotopic (exact) mass is 481 g/mol. The molecule has 36 heavy (non-hydrogen) atoms. The van der Waals surface area contributed by atoms with Crippen LogP contribution in [0.1, 0.15) is 34.5 Å². The van der Waals surface area contributed by atoms with Crippen molar-refractivity contribution >= 4 is 5.91 Å². The summed E-state index contributed by atoms with van der Waals surface area (Å²) in [6, 6.07) is 24.1. The molecule has 0 atom stereocenters. The molecule has 1 amide bonds. The van der Waals surface area contributed by atoms with E-state index in [4.69, 9.17) is 4.74 Å². The standard InChI is InChI=1S/C29H31N5O2/c1-33(21-25-19-28(32-31-25)23-7-3-2-4-8-23)20-22-6-5-9-27(18-22)36-26-12-16-34(17-13-26)29(35)24-10-14-30-15-11-24/h2-11,14-15,18-19,26H,12-13,16-17,20-21H2,1H3,(H,31,32). The van der Waals surface area contributed by atoms with Crippen LogP contribution < -0.4 is 4.74 Å². The molecule has 0 radical (unpaired) electrons. The molecule has 0 bridgehead atoms. The first-order chi connectivity index (χ1) is 17.6. The van der Waals surface area contributed by atoms with Crippen molar-refractivity contribution in [3.8, 4) is 17.0 Å². The predicted molar refractivity (Wildman–Crippen MR) is 139 cm³/mol. The fraction of sp³-hybridized carbons (Fsp3) is 0.276. The van der Waals surface area contributed by atoms with Crippen molar-refractivity contribution in [3.63, 3.8) is 0 Å². The van der Waals surface area contributed by atoms with Crippen LogP contribution in [0, 0.1) is 0 Å². The first-order valence-corrected chi connectivity index (χ1v) is 12.4. The van der Waals surface area contributed by atoms with Crippen molar-refractivity contribution in [1.82, 2.24) is 25.0 Å². The quantitative estimate of drug-likeness (QED) is 0.392. The molecule has 0 saturated carbocycles. The van der Waals surface area contributed by atoms with E-state index in [1.807, 2.05) is 35.2 Å². The Balaban J connectivity index is 1.12. The first kappa shape index (κ1) is 23.8. The minimum absolute atomic E-state index is 0.0639. The third kappa shape index (κ3) is 5.98. The van der Waals surface area contributed by atoms with Crippen LogP contribution in [-0.2, 0) is 13.1 Å². The third-order valence-electron chi connectivity index (χ3n) is 6.45. The number of carbonyl (C=O) groups is 1. The van der Waals surface area contributed by atoms with Crippen LogP contribution in [0.25, 0.3) is 11.3 Å². The van der Waals surface area contributed by atoms with Gasteiger partial charge in [-0.05, 0) is 42.9 Å². The second kappa shape index (κ2) is 11.2. The normalized spacial score (nSPS) is 14.2. The van der Waals surface area contributed by atoms with Crippen LogP contribution >= 0.6 is 0 Å². The summed E-state index contributed by atoms with van der Waals surface area (Å²) < 4.78 is 6.30. The number of hydrogen-bond acceptors (Lipinski definition) is 5. The highest BCUT2D eigenvalue weighted by molar-refractivity contribution is 5.94. The molecule has 7 heteroatoms. The number of ether oxygens (including phenoxy) is 1. The Morgan fingerprint density at radius 3 is 2.56 bits per heavy atom. The van der Waals surface area contributed by atoms with Gasteiger partial charge in [-0.2, -0.15) is 5.10 Å². The van der Waals surface area contributed by atoms with Gasteiger partial charge in [0.25, 0.3) is 5.91 Å². The number of carbonyl (C=O) groups excluding carboxylic acids is 1. The maximum Gasteiger partial charge on any atom is 0.253 e. The molecule has 5 rings (SSSR count). The zero-order valence-corrected chi connectivity index (χ0v) is 20.5. The number of benzene rings is 2. The largest absolute Gasteiger partial charge is 0.490 e. The van der Waals surface area contributed by atoms with Crippen LogP contribution in [-0.4, -0.2) is 57.1 Å². The molecule has 1 aliphatic rings. The van der Waals surface area contributed by atoms with E-state index in [2.05, 4.69) is 57.5 Å². The topological polar surface area (TPSA) is 74.3 Å². The van der Waals surface area contributed by atoms with E-state index in [-0.39, 0.29) is 12.0 Å². The van der Waals surface area contributed by atoms with E-state index in [9.17, 15) is 4.79 Å². The van der Waals surface area contributed by atoms with Gasteiger partial charge in [0.15, 0.2) is 0 Å². The molecule has 2 aromatic heterocycles.